The molecule has 2 atom stereocenters. The Morgan fingerprint density at radius 2 is 1.22 bits per heavy atom. The Labute approximate surface area is 459 Å². The van der Waals surface area contributed by atoms with Crippen molar-refractivity contribution in [1.82, 2.24) is 24.8 Å². The maximum atomic E-state index is 13.0. The second-order valence-corrected chi connectivity index (χ2v) is 21.1. The lowest BCUT2D eigenvalue weighted by molar-refractivity contribution is -0.161. The lowest BCUT2D eigenvalue weighted by Crippen LogP contribution is -2.30. The number of esters is 2. The predicted octanol–water partition coefficient (Wildman–Crippen LogP) is 12.6. The van der Waals surface area contributed by atoms with E-state index in [4.69, 9.17) is 33.7 Å². The van der Waals surface area contributed by atoms with Gasteiger partial charge in [0.1, 0.15) is 18.7 Å². The van der Waals surface area contributed by atoms with Crippen LogP contribution in [0.2, 0.25) is 0 Å². The fourth-order valence-electron chi connectivity index (χ4n) is 8.46. The number of benzene rings is 1. The molecule has 5 N–H and O–H groups in total. The van der Waals surface area contributed by atoms with Crippen molar-refractivity contribution in [2.75, 3.05) is 51.9 Å². The third-order valence-corrected chi connectivity index (χ3v) is 13.9. The van der Waals surface area contributed by atoms with Crippen LogP contribution in [-0.2, 0) is 44.0 Å². The number of H-pyrrole nitrogens is 1. The van der Waals surface area contributed by atoms with Gasteiger partial charge in [0, 0.05) is 31.6 Å². The van der Waals surface area contributed by atoms with E-state index in [1.165, 1.54) is 81.6 Å². The number of phosphoric acid groups is 1. The van der Waals surface area contributed by atoms with Crippen LogP contribution in [0.15, 0.2) is 53.4 Å². The number of ether oxygens (including phenoxy) is 4. The summed E-state index contributed by atoms with van der Waals surface area (Å²) in [6.45, 7) is 6.09. The van der Waals surface area contributed by atoms with Crippen molar-refractivity contribution >= 4 is 42.7 Å². The van der Waals surface area contributed by atoms with Gasteiger partial charge in [-0.05, 0) is 88.8 Å². The molecule has 0 fully saturated rings. The number of anilines is 1. The van der Waals surface area contributed by atoms with Crippen molar-refractivity contribution in [1.29, 1.82) is 0 Å². The quantitative estimate of drug-likeness (QED) is 0.0178. The van der Waals surface area contributed by atoms with Crippen LogP contribution in [0, 0.1) is 0 Å². The van der Waals surface area contributed by atoms with E-state index in [2.05, 4.69) is 58.4 Å². The number of aromatic amines is 1. The topological polar surface area (TPSA) is 246 Å². The molecule has 2 unspecified atom stereocenters. The minimum Gasteiger partial charge on any atom is -0.462 e. The zero-order valence-corrected chi connectivity index (χ0v) is 47.9. The largest absolute Gasteiger partial charge is 0.472 e. The van der Waals surface area contributed by atoms with Gasteiger partial charge in [0.25, 0.3) is 5.91 Å². The first kappa shape index (κ1) is 66.4. The molecule has 0 radical (unpaired) electrons. The van der Waals surface area contributed by atoms with Crippen LogP contribution in [0.3, 0.4) is 0 Å². The number of hydrogen-bond donors (Lipinski definition) is 4. The van der Waals surface area contributed by atoms with E-state index in [0.717, 1.165) is 77.0 Å². The van der Waals surface area contributed by atoms with Crippen LogP contribution in [0.5, 0.6) is 6.01 Å². The molecule has 0 spiro atoms. The molecule has 77 heavy (non-hydrogen) atoms. The van der Waals surface area contributed by atoms with E-state index >= 15 is 0 Å². The maximum absolute atomic E-state index is 13.0. The number of allylic oxidation sites excluding steroid dienone is 4. The molecule has 1 aromatic carbocycles. The van der Waals surface area contributed by atoms with Gasteiger partial charge in [-0.1, -0.05) is 153 Å². The van der Waals surface area contributed by atoms with Crippen LogP contribution >= 0.6 is 7.82 Å². The fraction of sp³-hybridized carbons (Fsp3) is 0.690. The number of hydrogen-bond acceptors (Lipinski definition) is 14. The molecule has 434 valence electrons. The first-order valence-electron chi connectivity index (χ1n) is 29.1. The van der Waals surface area contributed by atoms with Crippen LogP contribution in [0.1, 0.15) is 216 Å². The zero-order chi connectivity index (χ0) is 55.6. The predicted molar refractivity (Wildman–Crippen MR) is 304 cm³/mol. The van der Waals surface area contributed by atoms with Crippen molar-refractivity contribution in [3.63, 3.8) is 0 Å². The van der Waals surface area contributed by atoms with Gasteiger partial charge in [-0.15, -0.1) is 0 Å². The molecule has 3 aromatic rings. The fourth-order valence-corrected chi connectivity index (χ4v) is 9.21. The minimum absolute atomic E-state index is 0.00363. The normalized spacial score (nSPS) is 12.9. The van der Waals surface area contributed by atoms with Crippen molar-refractivity contribution in [2.45, 2.75) is 213 Å². The lowest BCUT2D eigenvalue weighted by atomic mass is 10.1. The summed E-state index contributed by atoms with van der Waals surface area (Å²) in [5.74, 6) is -1.39. The molecular weight excluding hydrogens is 1000 g/mol. The van der Waals surface area contributed by atoms with Crippen LogP contribution in [0.25, 0.3) is 11.2 Å². The van der Waals surface area contributed by atoms with Gasteiger partial charge in [-0.3, -0.25) is 28.0 Å². The van der Waals surface area contributed by atoms with Gasteiger partial charge in [0.05, 0.1) is 26.4 Å². The van der Waals surface area contributed by atoms with E-state index in [-0.39, 0.29) is 68.7 Å². The maximum Gasteiger partial charge on any atom is 0.472 e. The number of unbranched alkanes of at least 4 members (excludes halogenated alkanes) is 22. The summed E-state index contributed by atoms with van der Waals surface area (Å²) >= 11 is 0. The number of nitrogens with one attached hydrogen (secondary N) is 2. The Balaban J connectivity index is 1.41. The highest BCUT2D eigenvalue weighted by Crippen LogP contribution is 2.43. The Hall–Kier alpha value is -4.87. The molecular formula is C58H95N6O12P. The van der Waals surface area contributed by atoms with Gasteiger partial charge >= 0.3 is 31.5 Å². The molecule has 0 bridgehead atoms. The zero-order valence-electron chi connectivity index (χ0n) is 47.0. The average molecular weight is 1100 g/mol. The standard InChI is InChI=1S/C58H95N6O12P/c1-4-7-9-11-13-15-17-19-21-23-25-27-29-31-33-35-51(65)73-46-50(76-52(66)36-34-32-30-28-26-24-22-20-18-16-14-12-10-8-5-2)47-75-77(69,70)74-42-41-60-56(67)49-39-37-48(38-40-49)45-64-55-53(61-58(64)68)54(59)62-57(63-55)72-44-43-71-6-3/h19-22,37-40,50H,4-18,23-36,41-47H2,1-3H3,(H,60,67)(H,61,68)(H,69,70)(H2,59,62,63). The van der Waals surface area contributed by atoms with Crippen LogP contribution in [-0.4, -0.2) is 94.5 Å². The molecule has 19 heteroatoms. The monoisotopic (exact) mass is 1100 g/mol. The molecule has 3 rings (SSSR count). The molecule has 0 aliphatic carbocycles. The van der Waals surface area contributed by atoms with Crippen molar-refractivity contribution in [3.8, 4) is 6.01 Å². The number of nitrogens with two attached hydrogens (primary N) is 1. The van der Waals surface area contributed by atoms with Gasteiger partial charge in [-0.2, -0.15) is 9.97 Å². The summed E-state index contributed by atoms with van der Waals surface area (Å²) in [5.41, 5.74) is 7.11. The summed E-state index contributed by atoms with van der Waals surface area (Å²) in [4.78, 5) is 73.1. The summed E-state index contributed by atoms with van der Waals surface area (Å²) in [7, 11) is -4.69. The van der Waals surface area contributed by atoms with E-state index in [0.29, 0.717) is 37.2 Å². The van der Waals surface area contributed by atoms with E-state index < -0.39 is 44.1 Å². The van der Waals surface area contributed by atoms with Gasteiger partial charge in [0.15, 0.2) is 17.6 Å². The Morgan fingerprint density at radius 1 is 0.688 bits per heavy atom. The highest BCUT2D eigenvalue weighted by Gasteiger charge is 2.26. The SMILES string of the molecule is CCCCCCCCC=CCCCCCCCC(=O)OCC(COP(=O)(O)OCCNC(=O)c1ccc(Cn2c(=O)[nH]c3c(N)nc(OCCOCC)nc32)cc1)OC(=O)CCCCCCCC=CCCCCCCCC. The third kappa shape index (κ3) is 31.3. The minimum atomic E-state index is -4.69. The number of amides is 1. The number of imidazole rings is 1. The highest BCUT2D eigenvalue weighted by atomic mass is 31.2. The van der Waals surface area contributed by atoms with Crippen molar-refractivity contribution in [3.05, 3.63) is 70.2 Å². The Kier molecular flexibility index (Phi) is 36.3. The van der Waals surface area contributed by atoms with Gasteiger partial charge < -0.3 is 39.9 Å². The summed E-state index contributed by atoms with van der Waals surface area (Å²) in [6.07, 6.45) is 37.9. The smallest absolute Gasteiger partial charge is 0.462 e. The summed E-state index contributed by atoms with van der Waals surface area (Å²) in [6, 6.07) is 6.50. The molecule has 0 aliphatic heterocycles. The Morgan fingerprint density at radius 3 is 1.78 bits per heavy atom. The van der Waals surface area contributed by atoms with Crippen LogP contribution < -0.4 is 21.5 Å². The molecule has 0 saturated heterocycles. The molecule has 0 aliphatic rings. The molecule has 18 nitrogen and oxygen atoms in total. The first-order valence-corrected chi connectivity index (χ1v) is 30.6. The number of rotatable bonds is 48. The number of nitrogen functional groups attached to an aromatic ring is 1. The first-order chi connectivity index (χ1) is 37.5. The second kappa shape index (κ2) is 42.1. The number of nitrogens with zero attached hydrogens (tertiary/aromatic N) is 3. The van der Waals surface area contributed by atoms with E-state index in [1.807, 2.05) is 6.92 Å². The molecule has 0 saturated carbocycles. The van der Waals surface area contributed by atoms with Crippen molar-refractivity contribution < 1.29 is 51.8 Å². The summed E-state index contributed by atoms with van der Waals surface area (Å²) in [5, 5.41) is 2.63. The number of fused-ring (bicyclic) bond motifs is 1. The molecule has 1 amide bonds. The third-order valence-electron chi connectivity index (χ3n) is 12.9. The van der Waals surface area contributed by atoms with E-state index in [1.54, 1.807) is 24.3 Å². The average Bonchev–Trinajstić information content (AvgIpc) is 3.73. The van der Waals surface area contributed by atoms with E-state index in [9.17, 15) is 28.6 Å². The summed E-state index contributed by atoms with van der Waals surface area (Å²) < 4.78 is 46.5. The van der Waals surface area contributed by atoms with Crippen LogP contribution in [0.4, 0.5) is 5.82 Å². The highest BCUT2D eigenvalue weighted by molar-refractivity contribution is 7.47. The molecule has 2 aromatic heterocycles. The Bertz CT molecular complexity index is 2230. The lowest BCUT2D eigenvalue weighted by Gasteiger charge is -2.20. The van der Waals surface area contributed by atoms with Crippen molar-refractivity contribution in [2.24, 2.45) is 0 Å². The number of aromatic nitrogens is 4. The van der Waals surface area contributed by atoms with Gasteiger partial charge in [0.2, 0.25) is 0 Å². The number of carbonyl (C=O) groups is 3. The number of carbonyl (C=O) groups excluding carboxylic acids is 3. The number of phosphoric ester groups is 1. The van der Waals surface area contributed by atoms with Gasteiger partial charge in [-0.25, -0.2) is 9.36 Å². The second-order valence-electron chi connectivity index (χ2n) is 19.7. The molecule has 2 heterocycles.